The molecule has 0 radical (unpaired) electrons. The predicted molar refractivity (Wildman–Crippen MR) is 265 cm³/mol. The Hall–Kier alpha value is -6.00. The topological polar surface area (TPSA) is 158 Å². The Kier molecular flexibility index (Phi) is 16.3. The molecule has 2 amide bonds. The monoisotopic (exact) mass is 950 g/mol. The number of benzene rings is 2. The van der Waals surface area contributed by atoms with Crippen molar-refractivity contribution < 1.29 is 38.1 Å². The normalized spacial score (nSPS) is 17.4. The molecule has 3 fully saturated rings. The van der Waals surface area contributed by atoms with Gasteiger partial charge in [0.2, 0.25) is 11.8 Å². The number of nitrogens with zero attached hydrogens (tertiary/aromatic N) is 7. The van der Waals surface area contributed by atoms with Crippen molar-refractivity contribution in [1.29, 1.82) is 0 Å². The number of para-hydroxylation sites is 1. The first kappa shape index (κ1) is 50.9. The van der Waals surface area contributed by atoms with E-state index in [2.05, 4.69) is 35.1 Å². The molecule has 0 aliphatic carbocycles. The van der Waals surface area contributed by atoms with Crippen LogP contribution in [-0.2, 0) is 48.4 Å². The Morgan fingerprint density at radius 2 is 1.41 bits per heavy atom. The second kappa shape index (κ2) is 22.2. The molecule has 7 rings (SSSR count). The average molecular weight is 950 g/mol. The Labute approximate surface area is 405 Å². The van der Waals surface area contributed by atoms with Crippen LogP contribution in [0.25, 0.3) is 21.8 Å². The lowest BCUT2D eigenvalue weighted by molar-refractivity contribution is -0.143. The molecule has 16 nitrogen and oxygen atoms in total. The molecule has 0 unspecified atom stereocenters. The van der Waals surface area contributed by atoms with Gasteiger partial charge in [-0.25, -0.2) is 14.3 Å². The minimum atomic E-state index is -0.876. The summed E-state index contributed by atoms with van der Waals surface area (Å²) in [6.45, 7) is 21.9. The zero-order valence-electron chi connectivity index (χ0n) is 41.5. The number of ether oxygens (including phenoxy) is 4. The van der Waals surface area contributed by atoms with Crippen molar-refractivity contribution in [2.24, 2.45) is 5.92 Å². The van der Waals surface area contributed by atoms with Crippen molar-refractivity contribution in [2.75, 3.05) is 59.4 Å². The van der Waals surface area contributed by atoms with Gasteiger partial charge in [-0.2, -0.15) is 5.10 Å². The molecule has 3 saturated heterocycles. The zero-order valence-corrected chi connectivity index (χ0v) is 41.5. The van der Waals surface area contributed by atoms with E-state index in [4.69, 9.17) is 18.9 Å². The predicted octanol–water partition coefficient (Wildman–Crippen LogP) is 7.78. The number of aromatic nitrogens is 3. The summed E-state index contributed by atoms with van der Waals surface area (Å²) in [7, 11) is 2.16. The molecule has 5 heterocycles. The fraction of sp³-hybridized carbons (Fsp3) is 0.547. The highest BCUT2D eigenvalue weighted by Gasteiger charge is 2.35. The number of hydrogen-bond donors (Lipinski definition) is 0. The number of rotatable bonds is 17. The molecular formula is C53H71N7O9. The summed E-state index contributed by atoms with van der Waals surface area (Å²) in [4.78, 5) is 77.1. The van der Waals surface area contributed by atoms with Crippen molar-refractivity contribution in [3.8, 4) is 0 Å². The van der Waals surface area contributed by atoms with Crippen LogP contribution in [0.4, 0.5) is 9.59 Å². The van der Waals surface area contributed by atoms with Crippen LogP contribution < -0.4 is 5.56 Å². The smallest absolute Gasteiger partial charge is 0.428 e. The van der Waals surface area contributed by atoms with Gasteiger partial charge in [-0.05, 0) is 127 Å². The lowest BCUT2D eigenvalue weighted by Gasteiger charge is -2.43. The van der Waals surface area contributed by atoms with Crippen LogP contribution in [-0.4, -0.2) is 135 Å². The van der Waals surface area contributed by atoms with Gasteiger partial charge < -0.3 is 33.6 Å². The number of piperazine rings is 1. The van der Waals surface area contributed by atoms with Crippen molar-refractivity contribution in [3.63, 3.8) is 0 Å². The van der Waals surface area contributed by atoms with Crippen LogP contribution in [0.15, 0.2) is 78.8 Å². The molecule has 0 saturated carbocycles. The second-order valence-electron chi connectivity index (χ2n) is 20.3. The standard InChI is InChI=1S/C53H71N7O9/c1-9-19-52(4,5)68-50(64)66-35-59-34-42-31-38(29-37(3)47(42)54-59)30-41(48(62)58-27-25-56(26-28-58)43-17-21-55(8)22-18-43)33-46(61)57-23-15-39(16-24-57)44-32-40-13-11-12-14-45(40)60(49(44)63)36-67-51(65)69-53(6,7)20-10-2/h9-14,29,31-32,34,39,41,43H,1-2,15-28,30,33,35-36H2,3-8H3/t41-/m0/s1. The fourth-order valence-corrected chi connectivity index (χ4v) is 10.2. The first-order valence-corrected chi connectivity index (χ1v) is 24.4. The maximum absolute atomic E-state index is 14.7. The lowest BCUT2D eigenvalue weighted by atomic mass is 9.88. The van der Waals surface area contributed by atoms with Gasteiger partial charge in [0.1, 0.15) is 11.2 Å². The molecule has 0 N–H and O–H groups in total. The molecule has 2 aromatic carbocycles. The molecule has 3 aliphatic rings. The summed E-state index contributed by atoms with van der Waals surface area (Å²) in [5.41, 5.74) is 1.96. The van der Waals surface area contributed by atoms with Gasteiger partial charge in [0.05, 0.1) is 17.0 Å². The highest BCUT2D eigenvalue weighted by Crippen LogP contribution is 2.31. The third-order valence-electron chi connectivity index (χ3n) is 13.9. The van der Waals surface area contributed by atoms with Crippen molar-refractivity contribution >= 4 is 45.9 Å². The van der Waals surface area contributed by atoms with Gasteiger partial charge in [-0.1, -0.05) is 36.4 Å². The van der Waals surface area contributed by atoms with Gasteiger partial charge in [0.25, 0.3) is 5.56 Å². The molecule has 16 heteroatoms. The number of piperidine rings is 2. The largest absolute Gasteiger partial charge is 0.510 e. The highest BCUT2D eigenvalue weighted by molar-refractivity contribution is 5.87. The van der Waals surface area contributed by atoms with Gasteiger partial charge in [-0.15, -0.1) is 13.2 Å². The van der Waals surface area contributed by atoms with Crippen LogP contribution >= 0.6 is 0 Å². The third kappa shape index (κ3) is 13.0. The molecule has 2 aromatic heterocycles. The minimum Gasteiger partial charge on any atom is -0.428 e. The Balaban J connectivity index is 1.04. The molecule has 69 heavy (non-hydrogen) atoms. The SMILES string of the molecule is C=CCC(C)(C)OC(=O)OCn1cc2cc(C[C@@H](CC(=O)N3CCC(c4cc5ccccc5n(COC(=O)OC(C)(C)CC=C)c4=O)CC3)C(=O)N3CCN(C4CCN(C)CC4)CC3)cc(C)c2n1. The number of amides is 2. The summed E-state index contributed by atoms with van der Waals surface area (Å²) >= 11 is 0. The van der Waals surface area contributed by atoms with Gasteiger partial charge >= 0.3 is 12.3 Å². The molecule has 1 atom stereocenters. The van der Waals surface area contributed by atoms with E-state index in [0.717, 1.165) is 66.4 Å². The molecule has 372 valence electrons. The van der Waals surface area contributed by atoms with Crippen LogP contribution in [0.2, 0.25) is 0 Å². The van der Waals surface area contributed by atoms with E-state index in [-0.39, 0.29) is 43.2 Å². The van der Waals surface area contributed by atoms with E-state index in [9.17, 15) is 24.0 Å². The maximum atomic E-state index is 14.7. The number of fused-ring (bicyclic) bond motifs is 2. The van der Waals surface area contributed by atoms with E-state index in [0.29, 0.717) is 75.4 Å². The Bertz CT molecular complexity index is 2560. The maximum Gasteiger partial charge on any atom is 0.510 e. The quantitative estimate of drug-likeness (QED) is 0.0749. The van der Waals surface area contributed by atoms with Gasteiger partial charge in [0, 0.05) is 81.7 Å². The highest BCUT2D eigenvalue weighted by atomic mass is 16.7. The van der Waals surface area contributed by atoms with Crippen molar-refractivity contribution in [3.05, 3.63) is 101 Å². The third-order valence-corrected chi connectivity index (χ3v) is 13.9. The number of pyridine rings is 1. The zero-order chi connectivity index (χ0) is 49.5. The molecule has 0 spiro atoms. The number of aryl methyl sites for hydroxylation is 1. The summed E-state index contributed by atoms with van der Waals surface area (Å²) in [6.07, 6.45) is 8.16. The van der Waals surface area contributed by atoms with Crippen molar-refractivity contribution in [2.45, 2.75) is 123 Å². The number of carbonyl (C=O) groups excluding carboxylic acids is 4. The number of hydrogen-bond acceptors (Lipinski definition) is 12. The minimum absolute atomic E-state index is 0.0203. The van der Waals surface area contributed by atoms with Gasteiger partial charge in [-0.3, -0.25) is 23.9 Å². The first-order chi connectivity index (χ1) is 32.9. The van der Waals surface area contributed by atoms with E-state index in [1.54, 1.807) is 50.7 Å². The van der Waals surface area contributed by atoms with Crippen molar-refractivity contribution in [1.82, 2.24) is 33.9 Å². The summed E-state index contributed by atoms with van der Waals surface area (Å²) < 4.78 is 24.8. The number of likely N-dealkylation sites (tertiary alicyclic amines) is 2. The van der Waals surface area contributed by atoms with Crippen LogP contribution in [0.5, 0.6) is 0 Å². The van der Waals surface area contributed by atoms with E-state index >= 15 is 0 Å². The summed E-state index contributed by atoms with van der Waals surface area (Å²) in [6, 6.07) is 13.9. The summed E-state index contributed by atoms with van der Waals surface area (Å²) in [5, 5.41) is 6.33. The van der Waals surface area contributed by atoms with E-state index in [1.807, 2.05) is 59.2 Å². The van der Waals surface area contributed by atoms with Crippen LogP contribution in [0, 0.1) is 12.8 Å². The molecular weight excluding hydrogens is 879 g/mol. The average Bonchev–Trinajstić information content (AvgIpc) is 3.73. The van der Waals surface area contributed by atoms with Crippen LogP contribution in [0.1, 0.15) is 95.2 Å². The molecule has 4 aromatic rings. The molecule has 0 bridgehead atoms. The lowest BCUT2D eigenvalue weighted by Crippen LogP contribution is -2.55. The van der Waals surface area contributed by atoms with E-state index in [1.165, 1.54) is 4.57 Å². The number of carbonyl (C=O) groups is 4. The molecule has 3 aliphatic heterocycles. The van der Waals surface area contributed by atoms with Crippen LogP contribution in [0.3, 0.4) is 0 Å². The summed E-state index contributed by atoms with van der Waals surface area (Å²) in [5.74, 6) is -0.848. The van der Waals surface area contributed by atoms with Gasteiger partial charge in [0.15, 0.2) is 13.5 Å². The second-order valence-corrected chi connectivity index (χ2v) is 20.3. The van der Waals surface area contributed by atoms with E-state index < -0.39 is 29.4 Å². The first-order valence-electron chi connectivity index (χ1n) is 24.4. The fourth-order valence-electron chi connectivity index (χ4n) is 10.2. The Morgan fingerprint density at radius 3 is 2.04 bits per heavy atom. The Morgan fingerprint density at radius 1 is 0.783 bits per heavy atom.